The van der Waals surface area contributed by atoms with Crippen LogP contribution in [0.2, 0.25) is 0 Å². The molecular formula is C18H28N2O3. The third-order valence-corrected chi connectivity index (χ3v) is 3.65. The largest absolute Gasteiger partial charge is 0.497 e. The van der Waals surface area contributed by atoms with E-state index in [1.165, 1.54) is 6.92 Å². The number of rotatable bonds is 9. The molecule has 0 bridgehead atoms. The molecule has 0 aliphatic rings. The topological polar surface area (TPSA) is 49.9 Å². The van der Waals surface area contributed by atoms with Gasteiger partial charge in [0, 0.05) is 38.7 Å². The van der Waals surface area contributed by atoms with Crippen molar-refractivity contribution in [1.82, 2.24) is 4.90 Å². The van der Waals surface area contributed by atoms with Crippen LogP contribution in [0, 0.1) is 0 Å². The highest BCUT2D eigenvalue weighted by Gasteiger charge is 2.16. The lowest BCUT2D eigenvalue weighted by Crippen LogP contribution is -2.37. The van der Waals surface area contributed by atoms with Crippen LogP contribution in [0.4, 0.5) is 5.69 Å². The highest BCUT2D eigenvalue weighted by molar-refractivity contribution is 5.92. The summed E-state index contributed by atoms with van der Waals surface area (Å²) < 4.78 is 5.13. The van der Waals surface area contributed by atoms with Crippen molar-refractivity contribution >= 4 is 17.5 Å². The van der Waals surface area contributed by atoms with E-state index in [2.05, 4.69) is 13.8 Å². The first kappa shape index (κ1) is 19.0. The molecule has 1 rings (SSSR count). The first-order valence-electron chi connectivity index (χ1n) is 8.23. The van der Waals surface area contributed by atoms with Gasteiger partial charge in [-0.05, 0) is 37.1 Å². The van der Waals surface area contributed by atoms with E-state index in [0.29, 0.717) is 13.0 Å². The number of ether oxygens (including phenoxy) is 1. The van der Waals surface area contributed by atoms with Crippen LogP contribution in [0.1, 0.15) is 40.0 Å². The van der Waals surface area contributed by atoms with Gasteiger partial charge in [-0.3, -0.25) is 9.59 Å². The number of hydrogen-bond donors (Lipinski definition) is 0. The maximum absolute atomic E-state index is 12.3. The maximum atomic E-state index is 12.3. The fourth-order valence-electron chi connectivity index (χ4n) is 2.50. The first-order chi connectivity index (χ1) is 11.0. The van der Waals surface area contributed by atoms with Crippen LogP contribution < -0.4 is 9.64 Å². The van der Waals surface area contributed by atoms with Gasteiger partial charge in [-0.25, -0.2) is 0 Å². The molecule has 0 unspecified atom stereocenters. The van der Waals surface area contributed by atoms with Crippen molar-refractivity contribution in [3.63, 3.8) is 0 Å². The number of methoxy groups -OCH3 is 1. The second kappa shape index (κ2) is 9.87. The minimum absolute atomic E-state index is 0.0690. The van der Waals surface area contributed by atoms with Crippen LogP contribution in [0.25, 0.3) is 0 Å². The summed E-state index contributed by atoms with van der Waals surface area (Å²) in [6.07, 6.45) is 2.23. The number of nitrogens with zero attached hydrogens (tertiary/aromatic N) is 2. The molecule has 0 atom stereocenters. The zero-order chi connectivity index (χ0) is 17.2. The van der Waals surface area contributed by atoms with E-state index in [1.807, 2.05) is 29.2 Å². The summed E-state index contributed by atoms with van der Waals surface area (Å²) in [6.45, 7) is 7.59. The van der Waals surface area contributed by atoms with Crippen LogP contribution in [-0.2, 0) is 9.59 Å². The molecule has 0 spiro atoms. The Morgan fingerprint density at radius 1 is 1.00 bits per heavy atom. The molecule has 1 aromatic rings. The van der Waals surface area contributed by atoms with Crippen molar-refractivity contribution < 1.29 is 14.3 Å². The van der Waals surface area contributed by atoms with Gasteiger partial charge in [0.1, 0.15) is 5.75 Å². The van der Waals surface area contributed by atoms with Crippen molar-refractivity contribution in [3.8, 4) is 5.75 Å². The Hall–Kier alpha value is -2.04. The summed E-state index contributed by atoms with van der Waals surface area (Å²) in [6, 6.07) is 7.29. The molecular weight excluding hydrogens is 292 g/mol. The highest BCUT2D eigenvalue weighted by Crippen LogP contribution is 2.19. The minimum atomic E-state index is -0.0690. The van der Waals surface area contributed by atoms with Gasteiger partial charge in [0.25, 0.3) is 0 Å². The monoisotopic (exact) mass is 320 g/mol. The summed E-state index contributed by atoms with van der Waals surface area (Å²) >= 11 is 0. The number of hydrogen-bond acceptors (Lipinski definition) is 3. The summed E-state index contributed by atoms with van der Waals surface area (Å²) in [5.41, 5.74) is 0.781. The SMILES string of the molecule is CCCN(CCC)C(=O)CCN(C(C)=O)c1ccc(OC)cc1. The van der Waals surface area contributed by atoms with Gasteiger partial charge in [-0.2, -0.15) is 0 Å². The van der Waals surface area contributed by atoms with E-state index >= 15 is 0 Å². The van der Waals surface area contributed by atoms with Crippen molar-refractivity contribution in [1.29, 1.82) is 0 Å². The Morgan fingerprint density at radius 3 is 2.00 bits per heavy atom. The second-order valence-electron chi connectivity index (χ2n) is 5.50. The Bertz CT molecular complexity index is 493. The van der Waals surface area contributed by atoms with Crippen molar-refractivity contribution in [3.05, 3.63) is 24.3 Å². The summed E-state index contributed by atoms with van der Waals surface area (Å²) in [5, 5.41) is 0. The van der Waals surface area contributed by atoms with Crippen molar-refractivity contribution in [2.75, 3.05) is 31.6 Å². The molecule has 0 aliphatic carbocycles. The molecule has 2 amide bonds. The van der Waals surface area contributed by atoms with Gasteiger partial charge in [-0.1, -0.05) is 13.8 Å². The maximum Gasteiger partial charge on any atom is 0.224 e. The molecule has 23 heavy (non-hydrogen) atoms. The van der Waals surface area contributed by atoms with E-state index in [4.69, 9.17) is 4.74 Å². The average molecular weight is 320 g/mol. The number of anilines is 1. The Labute approximate surface area is 139 Å². The van der Waals surface area contributed by atoms with Crippen LogP contribution in [0.15, 0.2) is 24.3 Å². The lowest BCUT2D eigenvalue weighted by atomic mass is 10.2. The molecule has 0 aliphatic heterocycles. The fourth-order valence-corrected chi connectivity index (χ4v) is 2.50. The molecule has 0 N–H and O–H groups in total. The van der Waals surface area contributed by atoms with Gasteiger partial charge in [0.05, 0.1) is 7.11 Å². The molecule has 0 saturated carbocycles. The van der Waals surface area contributed by atoms with E-state index in [-0.39, 0.29) is 11.8 Å². The van der Waals surface area contributed by atoms with Gasteiger partial charge in [0.15, 0.2) is 0 Å². The van der Waals surface area contributed by atoms with Crippen molar-refractivity contribution in [2.45, 2.75) is 40.0 Å². The lowest BCUT2D eigenvalue weighted by molar-refractivity contribution is -0.131. The Balaban J connectivity index is 2.72. The van der Waals surface area contributed by atoms with Gasteiger partial charge >= 0.3 is 0 Å². The van der Waals surface area contributed by atoms with Crippen LogP contribution in [0.5, 0.6) is 5.75 Å². The Morgan fingerprint density at radius 2 is 1.57 bits per heavy atom. The third-order valence-electron chi connectivity index (χ3n) is 3.65. The van der Waals surface area contributed by atoms with Gasteiger partial charge < -0.3 is 14.5 Å². The smallest absolute Gasteiger partial charge is 0.224 e. The Kier molecular flexibility index (Phi) is 8.16. The van der Waals surface area contributed by atoms with Gasteiger partial charge in [-0.15, -0.1) is 0 Å². The van der Waals surface area contributed by atoms with E-state index < -0.39 is 0 Å². The predicted molar refractivity (Wildman–Crippen MR) is 92.8 cm³/mol. The molecule has 0 aromatic heterocycles. The van der Waals surface area contributed by atoms with Gasteiger partial charge in [0.2, 0.25) is 11.8 Å². The van der Waals surface area contributed by atoms with Crippen LogP contribution in [0.3, 0.4) is 0 Å². The number of carbonyl (C=O) groups is 2. The molecule has 0 heterocycles. The third kappa shape index (κ3) is 5.93. The standard InChI is InChI=1S/C18H28N2O3/c1-5-12-19(13-6-2)18(22)11-14-20(15(3)21)16-7-9-17(23-4)10-8-16/h7-10H,5-6,11-14H2,1-4H3. The molecule has 0 saturated heterocycles. The average Bonchev–Trinajstić information content (AvgIpc) is 2.55. The molecule has 128 valence electrons. The highest BCUT2D eigenvalue weighted by atomic mass is 16.5. The predicted octanol–water partition coefficient (Wildman–Crippen LogP) is 3.09. The molecule has 5 nitrogen and oxygen atoms in total. The van der Waals surface area contributed by atoms with E-state index in [9.17, 15) is 9.59 Å². The molecule has 5 heteroatoms. The van der Waals surface area contributed by atoms with Crippen LogP contribution >= 0.6 is 0 Å². The zero-order valence-corrected chi connectivity index (χ0v) is 14.7. The fraction of sp³-hybridized carbons (Fsp3) is 0.556. The summed E-state index contributed by atoms with van der Waals surface area (Å²) in [5.74, 6) is 0.777. The number of carbonyl (C=O) groups excluding carboxylic acids is 2. The van der Waals surface area contributed by atoms with Crippen LogP contribution in [-0.4, -0.2) is 43.5 Å². The normalized spacial score (nSPS) is 10.3. The van der Waals surface area contributed by atoms with E-state index in [1.54, 1.807) is 12.0 Å². The number of benzene rings is 1. The summed E-state index contributed by atoms with van der Waals surface area (Å²) in [4.78, 5) is 27.8. The second-order valence-corrected chi connectivity index (χ2v) is 5.50. The quantitative estimate of drug-likeness (QED) is 0.702. The first-order valence-corrected chi connectivity index (χ1v) is 8.23. The van der Waals surface area contributed by atoms with E-state index in [0.717, 1.165) is 37.4 Å². The molecule has 1 aromatic carbocycles. The zero-order valence-electron chi connectivity index (χ0n) is 14.7. The number of amides is 2. The lowest BCUT2D eigenvalue weighted by Gasteiger charge is -2.25. The minimum Gasteiger partial charge on any atom is -0.497 e. The molecule has 0 radical (unpaired) electrons. The summed E-state index contributed by atoms with van der Waals surface area (Å²) in [7, 11) is 1.60. The molecule has 0 fully saturated rings. The van der Waals surface area contributed by atoms with Crippen molar-refractivity contribution in [2.24, 2.45) is 0 Å².